The molecule has 70 valence electrons. The summed E-state index contributed by atoms with van der Waals surface area (Å²) in [4.78, 5) is 11.4. The Bertz CT molecular complexity index is 188. The van der Waals surface area contributed by atoms with Gasteiger partial charge in [0.1, 0.15) is 0 Å². The molecule has 1 saturated carbocycles. The van der Waals surface area contributed by atoms with Crippen molar-refractivity contribution in [3.63, 3.8) is 0 Å². The Kier molecular flexibility index (Phi) is 2.45. The summed E-state index contributed by atoms with van der Waals surface area (Å²) in [6, 6.07) is 0. The van der Waals surface area contributed by atoms with Crippen LogP contribution >= 0.6 is 0 Å². The minimum Gasteiger partial charge on any atom is -0.369 e. The molecule has 0 spiro atoms. The zero-order chi connectivity index (χ0) is 9.35. The maximum absolute atomic E-state index is 11.4. The Morgan fingerprint density at radius 2 is 2.17 bits per heavy atom. The van der Waals surface area contributed by atoms with E-state index in [1.807, 2.05) is 0 Å². The van der Waals surface area contributed by atoms with Gasteiger partial charge in [-0.2, -0.15) is 0 Å². The number of nitrogens with two attached hydrogens (primary N) is 1. The summed E-state index contributed by atoms with van der Waals surface area (Å²) in [6.07, 6.45) is 3.30. The zero-order valence-corrected chi connectivity index (χ0v) is 8.26. The highest BCUT2D eigenvalue weighted by Gasteiger charge is 2.47. The van der Waals surface area contributed by atoms with Crippen LogP contribution in [0.1, 0.15) is 40.0 Å². The van der Waals surface area contributed by atoms with E-state index in [-0.39, 0.29) is 11.3 Å². The third-order valence-electron chi connectivity index (χ3n) is 3.60. The van der Waals surface area contributed by atoms with Gasteiger partial charge in [-0.1, -0.05) is 27.2 Å². The molecule has 2 atom stereocenters. The normalized spacial score (nSPS) is 35.8. The quantitative estimate of drug-likeness (QED) is 0.674. The molecular formula is C10H19NO. The molecule has 0 aromatic carbocycles. The molecule has 1 aliphatic rings. The molecule has 1 aliphatic carbocycles. The van der Waals surface area contributed by atoms with Gasteiger partial charge in [0.2, 0.25) is 5.91 Å². The molecule has 0 aliphatic heterocycles. The number of carbonyl (C=O) groups excluding carboxylic acids is 1. The standard InChI is InChI=1S/C10H19NO/c1-7(2)10(9(11)12)6-4-5-8(10)3/h7-8H,4-6H2,1-3H3,(H2,11,12). The monoisotopic (exact) mass is 169 g/mol. The minimum atomic E-state index is -0.208. The predicted octanol–water partition coefficient (Wildman–Crippen LogP) is 1.93. The summed E-state index contributed by atoms with van der Waals surface area (Å²) in [6.45, 7) is 6.36. The van der Waals surface area contributed by atoms with Crippen LogP contribution in [0.15, 0.2) is 0 Å². The lowest BCUT2D eigenvalue weighted by atomic mass is 9.69. The third kappa shape index (κ3) is 1.13. The molecule has 1 rings (SSSR count). The lowest BCUT2D eigenvalue weighted by molar-refractivity contribution is -0.132. The zero-order valence-electron chi connectivity index (χ0n) is 8.26. The van der Waals surface area contributed by atoms with Gasteiger partial charge in [-0.15, -0.1) is 0 Å². The Labute approximate surface area is 74.5 Å². The summed E-state index contributed by atoms with van der Waals surface area (Å²) >= 11 is 0. The first-order chi connectivity index (χ1) is 5.51. The summed E-state index contributed by atoms with van der Waals surface area (Å²) in [5.41, 5.74) is 5.28. The summed E-state index contributed by atoms with van der Waals surface area (Å²) in [5, 5.41) is 0. The number of rotatable bonds is 2. The molecule has 0 heterocycles. The van der Waals surface area contributed by atoms with Crippen molar-refractivity contribution in [1.82, 2.24) is 0 Å². The van der Waals surface area contributed by atoms with Crippen molar-refractivity contribution in [1.29, 1.82) is 0 Å². The highest BCUT2D eigenvalue weighted by atomic mass is 16.1. The van der Waals surface area contributed by atoms with E-state index in [1.54, 1.807) is 0 Å². The van der Waals surface area contributed by atoms with Crippen LogP contribution in [0.3, 0.4) is 0 Å². The van der Waals surface area contributed by atoms with E-state index in [2.05, 4.69) is 20.8 Å². The van der Waals surface area contributed by atoms with Crippen molar-refractivity contribution in [3.8, 4) is 0 Å². The molecule has 2 heteroatoms. The van der Waals surface area contributed by atoms with Crippen LogP contribution in [0.2, 0.25) is 0 Å². The average Bonchev–Trinajstić information content (AvgIpc) is 2.31. The molecule has 0 radical (unpaired) electrons. The van der Waals surface area contributed by atoms with E-state index in [0.29, 0.717) is 11.8 Å². The average molecular weight is 169 g/mol. The number of primary amides is 1. The fraction of sp³-hybridized carbons (Fsp3) is 0.900. The van der Waals surface area contributed by atoms with E-state index in [9.17, 15) is 4.79 Å². The summed E-state index contributed by atoms with van der Waals surface area (Å²) < 4.78 is 0. The van der Waals surface area contributed by atoms with E-state index in [0.717, 1.165) is 19.3 Å². The largest absolute Gasteiger partial charge is 0.369 e. The number of hydrogen-bond donors (Lipinski definition) is 1. The maximum atomic E-state index is 11.4. The van der Waals surface area contributed by atoms with Gasteiger partial charge in [-0.25, -0.2) is 0 Å². The van der Waals surface area contributed by atoms with Crippen LogP contribution in [0.25, 0.3) is 0 Å². The number of carbonyl (C=O) groups is 1. The molecule has 0 aromatic heterocycles. The van der Waals surface area contributed by atoms with Crippen LogP contribution in [-0.4, -0.2) is 5.91 Å². The molecule has 1 fully saturated rings. The summed E-state index contributed by atoms with van der Waals surface area (Å²) in [5.74, 6) is 0.755. The lowest BCUT2D eigenvalue weighted by Crippen LogP contribution is -2.43. The highest BCUT2D eigenvalue weighted by Crippen LogP contribution is 2.48. The fourth-order valence-electron chi connectivity index (χ4n) is 2.71. The molecule has 0 bridgehead atoms. The predicted molar refractivity (Wildman–Crippen MR) is 49.5 cm³/mol. The molecule has 1 amide bonds. The molecule has 2 unspecified atom stereocenters. The molecule has 0 saturated heterocycles. The van der Waals surface area contributed by atoms with Gasteiger partial charge in [-0.3, -0.25) is 4.79 Å². The van der Waals surface area contributed by atoms with Crippen molar-refractivity contribution in [2.24, 2.45) is 23.0 Å². The Morgan fingerprint density at radius 3 is 2.33 bits per heavy atom. The first-order valence-electron chi connectivity index (χ1n) is 4.81. The van der Waals surface area contributed by atoms with Gasteiger partial charge in [0, 0.05) is 0 Å². The van der Waals surface area contributed by atoms with Crippen molar-refractivity contribution in [2.75, 3.05) is 0 Å². The number of amides is 1. The first kappa shape index (κ1) is 9.56. The van der Waals surface area contributed by atoms with Gasteiger partial charge in [0.25, 0.3) is 0 Å². The minimum absolute atomic E-state index is 0.0949. The molecule has 2 nitrogen and oxygen atoms in total. The van der Waals surface area contributed by atoms with Crippen LogP contribution in [-0.2, 0) is 4.79 Å². The topological polar surface area (TPSA) is 43.1 Å². The smallest absolute Gasteiger partial charge is 0.224 e. The van der Waals surface area contributed by atoms with Crippen LogP contribution < -0.4 is 5.73 Å². The van der Waals surface area contributed by atoms with Crippen LogP contribution in [0.5, 0.6) is 0 Å². The summed E-state index contributed by atoms with van der Waals surface area (Å²) in [7, 11) is 0. The van der Waals surface area contributed by atoms with E-state index in [4.69, 9.17) is 5.73 Å². The van der Waals surface area contributed by atoms with Crippen LogP contribution in [0, 0.1) is 17.3 Å². The SMILES string of the molecule is CC(C)C1(C(N)=O)CCCC1C. The van der Waals surface area contributed by atoms with Crippen LogP contribution in [0.4, 0.5) is 0 Å². The Morgan fingerprint density at radius 1 is 1.58 bits per heavy atom. The molecular weight excluding hydrogens is 150 g/mol. The second kappa shape index (κ2) is 3.08. The third-order valence-corrected chi connectivity index (χ3v) is 3.60. The van der Waals surface area contributed by atoms with E-state index in [1.165, 1.54) is 0 Å². The van der Waals surface area contributed by atoms with Gasteiger partial charge >= 0.3 is 0 Å². The van der Waals surface area contributed by atoms with Gasteiger partial charge in [-0.05, 0) is 24.7 Å². The fourth-order valence-corrected chi connectivity index (χ4v) is 2.71. The van der Waals surface area contributed by atoms with Gasteiger partial charge < -0.3 is 5.73 Å². The van der Waals surface area contributed by atoms with Gasteiger partial charge in [0.15, 0.2) is 0 Å². The van der Waals surface area contributed by atoms with Crippen molar-refractivity contribution in [2.45, 2.75) is 40.0 Å². The Balaban J connectivity index is 2.93. The molecule has 2 N–H and O–H groups in total. The Hall–Kier alpha value is -0.530. The second-order valence-electron chi connectivity index (χ2n) is 4.35. The van der Waals surface area contributed by atoms with Crippen molar-refractivity contribution in [3.05, 3.63) is 0 Å². The van der Waals surface area contributed by atoms with Gasteiger partial charge in [0.05, 0.1) is 5.41 Å². The number of hydrogen-bond acceptors (Lipinski definition) is 1. The van der Waals surface area contributed by atoms with Crippen molar-refractivity contribution >= 4 is 5.91 Å². The molecule has 0 aromatic rings. The second-order valence-corrected chi connectivity index (χ2v) is 4.35. The van der Waals surface area contributed by atoms with Crippen molar-refractivity contribution < 1.29 is 4.79 Å². The molecule has 12 heavy (non-hydrogen) atoms. The first-order valence-corrected chi connectivity index (χ1v) is 4.81. The highest BCUT2D eigenvalue weighted by molar-refractivity contribution is 5.81. The van der Waals surface area contributed by atoms with E-state index < -0.39 is 0 Å². The maximum Gasteiger partial charge on any atom is 0.224 e. The lowest BCUT2D eigenvalue weighted by Gasteiger charge is -2.34. The van der Waals surface area contributed by atoms with E-state index >= 15 is 0 Å².